The van der Waals surface area contributed by atoms with Crippen molar-refractivity contribution in [2.24, 2.45) is 0 Å². The monoisotopic (exact) mass is 478 g/mol. The molecule has 0 spiro atoms. The average molecular weight is 479 g/mol. The third-order valence-electron chi connectivity index (χ3n) is 5.59. The first-order chi connectivity index (χ1) is 16.8. The van der Waals surface area contributed by atoms with Crippen LogP contribution in [0.2, 0.25) is 0 Å². The van der Waals surface area contributed by atoms with E-state index in [9.17, 15) is 17.6 Å². The van der Waals surface area contributed by atoms with Gasteiger partial charge in [-0.15, -0.1) is 0 Å². The minimum Gasteiger partial charge on any atom is -0.491 e. The maximum absolute atomic E-state index is 14.9. The Balaban J connectivity index is 1.73. The van der Waals surface area contributed by atoms with Crippen molar-refractivity contribution in [3.8, 4) is 22.3 Å². The number of halogens is 4. The van der Waals surface area contributed by atoms with E-state index in [2.05, 4.69) is 19.7 Å². The Hall–Kier alpha value is -3.86. The number of benzene rings is 3. The zero-order valence-electron chi connectivity index (χ0n) is 19.5. The Labute approximate surface area is 203 Å². The number of allylic oxidation sites excluding steroid dienone is 3. The van der Waals surface area contributed by atoms with Crippen LogP contribution in [0, 0.1) is 11.6 Å². The van der Waals surface area contributed by atoms with E-state index in [1.807, 2.05) is 0 Å². The smallest absolute Gasteiger partial charge is 0.200 e. The highest BCUT2D eigenvalue weighted by molar-refractivity contribution is 5.72. The molecule has 0 radical (unpaired) electrons. The van der Waals surface area contributed by atoms with E-state index in [0.29, 0.717) is 17.5 Å². The van der Waals surface area contributed by atoms with Crippen LogP contribution in [0.1, 0.15) is 24.5 Å². The number of hydrogen-bond acceptors (Lipinski definition) is 1. The van der Waals surface area contributed by atoms with Gasteiger partial charge in [0.25, 0.3) is 0 Å². The summed E-state index contributed by atoms with van der Waals surface area (Å²) in [6.07, 6.45) is 2.23. The summed E-state index contributed by atoms with van der Waals surface area (Å²) in [5, 5.41) is 0. The van der Waals surface area contributed by atoms with E-state index in [4.69, 9.17) is 4.74 Å². The fraction of sp³-hybridized carbons (Fsp3) is 0.133. The molecule has 1 nitrogen and oxygen atoms in total. The van der Waals surface area contributed by atoms with Crippen LogP contribution in [0.5, 0.6) is 0 Å². The lowest BCUT2D eigenvalue weighted by Gasteiger charge is -2.11. The van der Waals surface area contributed by atoms with E-state index >= 15 is 0 Å². The lowest BCUT2D eigenvalue weighted by molar-refractivity contribution is 0.224. The fourth-order valence-electron chi connectivity index (χ4n) is 3.57. The summed E-state index contributed by atoms with van der Waals surface area (Å²) in [6.45, 7) is 12.5. The topological polar surface area (TPSA) is 9.23 Å². The molecule has 0 heterocycles. The fourth-order valence-corrected chi connectivity index (χ4v) is 3.57. The molecule has 0 amide bonds. The van der Waals surface area contributed by atoms with Crippen molar-refractivity contribution in [2.75, 3.05) is 6.61 Å². The SMILES string of the molecule is C=Cc1ccc(-c2ccc(-c3ccc(CCC(=C)/C(F)=C(/F)C(=C)OCC)cc3)c(F)c2F)cc1. The van der Waals surface area contributed by atoms with Crippen molar-refractivity contribution in [1.29, 1.82) is 0 Å². The second-order valence-electron chi connectivity index (χ2n) is 7.90. The molecule has 0 saturated heterocycles. The number of aryl methyl sites for hydroxylation is 1. The van der Waals surface area contributed by atoms with Crippen LogP contribution in [0.3, 0.4) is 0 Å². The van der Waals surface area contributed by atoms with Crippen molar-refractivity contribution in [1.82, 2.24) is 0 Å². The van der Waals surface area contributed by atoms with Gasteiger partial charge in [0.1, 0.15) is 0 Å². The quantitative estimate of drug-likeness (QED) is 0.160. The van der Waals surface area contributed by atoms with Gasteiger partial charge in [0.05, 0.1) is 6.61 Å². The molecule has 0 atom stereocenters. The van der Waals surface area contributed by atoms with Gasteiger partial charge in [-0.25, -0.2) is 13.2 Å². The summed E-state index contributed by atoms with van der Waals surface area (Å²) in [4.78, 5) is 0. The van der Waals surface area contributed by atoms with E-state index in [-0.39, 0.29) is 35.5 Å². The largest absolute Gasteiger partial charge is 0.491 e. The predicted octanol–water partition coefficient (Wildman–Crippen LogP) is 9.13. The van der Waals surface area contributed by atoms with Crippen LogP contribution in [-0.4, -0.2) is 6.61 Å². The van der Waals surface area contributed by atoms with Gasteiger partial charge in [-0.2, -0.15) is 4.39 Å². The normalized spacial score (nSPS) is 11.6. The van der Waals surface area contributed by atoms with Crippen LogP contribution in [0.15, 0.2) is 103 Å². The van der Waals surface area contributed by atoms with Gasteiger partial charge in [-0.3, -0.25) is 0 Å². The van der Waals surface area contributed by atoms with Crippen molar-refractivity contribution < 1.29 is 22.3 Å². The molecule has 5 heteroatoms. The molecule has 3 aromatic carbocycles. The highest BCUT2D eigenvalue weighted by Gasteiger charge is 2.17. The Morgan fingerprint density at radius 3 is 1.80 bits per heavy atom. The van der Waals surface area contributed by atoms with Gasteiger partial charge in [0, 0.05) is 11.1 Å². The summed E-state index contributed by atoms with van der Waals surface area (Å²) in [5.41, 5.74) is 3.06. The maximum Gasteiger partial charge on any atom is 0.200 e. The third kappa shape index (κ3) is 5.99. The molecule has 35 heavy (non-hydrogen) atoms. The van der Waals surface area contributed by atoms with Gasteiger partial charge in [0.2, 0.25) is 0 Å². The Bertz CT molecular complexity index is 1270. The van der Waals surface area contributed by atoms with Crippen molar-refractivity contribution in [2.45, 2.75) is 19.8 Å². The molecule has 3 rings (SSSR count). The van der Waals surface area contributed by atoms with Crippen LogP contribution in [0.4, 0.5) is 17.6 Å². The Morgan fingerprint density at radius 1 is 0.800 bits per heavy atom. The van der Waals surface area contributed by atoms with E-state index in [0.717, 1.165) is 11.1 Å². The lowest BCUT2D eigenvalue weighted by Crippen LogP contribution is -1.96. The Kier molecular flexibility index (Phi) is 8.48. The van der Waals surface area contributed by atoms with E-state index < -0.39 is 23.3 Å². The molecule has 0 fully saturated rings. The first kappa shape index (κ1) is 25.8. The highest BCUT2D eigenvalue weighted by Crippen LogP contribution is 2.32. The zero-order chi connectivity index (χ0) is 25.5. The standard InChI is InChI=1S/C30H26F4O/c1-5-21-9-13-23(14-10-21)25-17-18-26(30(34)29(25)33)24-15-11-22(12-16-24)8-7-19(3)27(31)28(32)20(4)35-6-2/h5,9-18H,1,3-4,6-8H2,2H3/b28-27-. The van der Waals surface area contributed by atoms with Crippen LogP contribution < -0.4 is 0 Å². The minimum atomic E-state index is -1.16. The summed E-state index contributed by atoms with van der Waals surface area (Å²) >= 11 is 0. The van der Waals surface area contributed by atoms with E-state index in [1.54, 1.807) is 73.7 Å². The van der Waals surface area contributed by atoms with E-state index in [1.165, 1.54) is 0 Å². The number of ether oxygens (including phenoxy) is 1. The molecule has 0 N–H and O–H groups in total. The van der Waals surface area contributed by atoms with Gasteiger partial charge >= 0.3 is 0 Å². The molecular formula is C30H26F4O. The molecule has 0 unspecified atom stereocenters. The second-order valence-corrected chi connectivity index (χ2v) is 7.90. The molecule has 0 saturated carbocycles. The summed E-state index contributed by atoms with van der Waals surface area (Å²) in [7, 11) is 0. The number of rotatable bonds is 10. The maximum atomic E-state index is 14.9. The molecule has 0 aliphatic rings. The molecule has 180 valence electrons. The molecule has 0 aromatic heterocycles. The van der Waals surface area contributed by atoms with Crippen molar-refractivity contribution >= 4 is 6.08 Å². The van der Waals surface area contributed by atoms with Crippen LogP contribution >= 0.6 is 0 Å². The minimum absolute atomic E-state index is 0.0164. The van der Waals surface area contributed by atoms with Gasteiger partial charge in [-0.05, 0) is 47.6 Å². The summed E-state index contributed by atoms with van der Waals surface area (Å²) < 4.78 is 62.9. The highest BCUT2D eigenvalue weighted by atomic mass is 19.2. The van der Waals surface area contributed by atoms with Gasteiger partial charge in [-0.1, -0.05) is 86.5 Å². The van der Waals surface area contributed by atoms with Crippen molar-refractivity contribution in [3.63, 3.8) is 0 Å². The first-order valence-electron chi connectivity index (χ1n) is 11.1. The number of hydrogen-bond donors (Lipinski definition) is 0. The molecule has 0 aliphatic carbocycles. The molecular weight excluding hydrogens is 452 g/mol. The van der Waals surface area contributed by atoms with Crippen LogP contribution in [-0.2, 0) is 11.2 Å². The van der Waals surface area contributed by atoms with Gasteiger partial charge in [0.15, 0.2) is 29.0 Å². The molecule has 3 aromatic rings. The zero-order valence-corrected chi connectivity index (χ0v) is 19.5. The Morgan fingerprint density at radius 2 is 1.31 bits per heavy atom. The molecule has 0 aliphatic heterocycles. The third-order valence-corrected chi connectivity index (χ3v) is 5.59. The predicted molar refractivity (Wildman–Crippen MR) is 135 cm³/mol. The summed E-state index contributed by atoms with van der Waals surface area (Å²) in [5.74, 6) is -4.48. The lowest BCUT2D eigenvalue weighted by atomic mass is 9.96. The van der Waals surface area contributed by atoms with Crippen LogP contribution in [0.25, 0.3) is 28.3 Å². The first-order valence-corrected chi connectivity index (χ1v) is 11.1. The second kappa shape index (κ2) is 11.5. The molecule has 0 bridgehead atoms. The van der Waals surface area contributed by atoms with Gasteiger partial charge < -0.3 is 4.74 Å². The van der Waals surface area contributed by atoms with Crippen molar-refractivity contribution in [3.05, 3.63) is 126 Å². The summed E-state index contributed by atoms with van der Waals surface area (Å²) in [6, 6.07) is 16.9. The average Bonchev–Trinajstić information content (AvgIpc) is 2.88.